The monoisotopic (exact) mass is 261 g/mol. The van der Waals surface area contributed by atoms with Gasteiger partial charge in [-0.2, -0.15) is 5.26 Å². The summed E-state index contributed by atoms with van der Waals surface area (Å²) in [6, 6.07) is 9.92. The van der Waals surface area contributed by atoms with Gasteiger partial charge in [-0.15, -0.1) is 0 Å². The molecule has 0 amide bonds. The van der Waals surface area contributed by atoms with Crippen LogP contribution >= 0.6 is 11.6 Å². The summed E-state index contributed by atoms with van der Waals surface area (Å²) in [6.45, 7) is 0.258. The molecule has 0 bridgehead atoms. The Labute approximate surface area is 109 Å². The van der Waals surface area contributed by atoms with Crippen molar-refractivity contribution in [3.05, 3.63) is 58.5 Å². The van der Waals surface area contributed by atoms with E-state index in [9.17, 15) is 4.39 Å². The molecule has 0 aliphatic rings. The number of nitrogens with one attached hydrogen (secondary N) is 1. The van der Waals surface area contributed by atoms with Gasteiger partial charge in [0.05, 0.1) is 5.56 Å². The summed E-state index contributed by atoms with van der Waals surface area (Å²) in [5.74, 6) is 0.0801. The fraction of sp³-hybridized carbons (Fsp3) is 0.0769. The first-order valence-corrected chi connectivity index (χ1v) is 5.62. The maximum absolute atomic E-state index is 13.4. The highest BCUT2D eigenvalue weighted by molar-refractivity contribution is 6.34. The molecule has 0 radical (unpaired) electrons. The molecular weight excluding hydrogens is 253 g/mol. The average Bonchev–Trinajstić information content (AvgIpc) is 2.39. The van der Waals surface area contributed by atoms with E-state index in [1.807, 2.05) is 6.07 Å². The third-order valence-electron chi connectivity index (χ3n) is 2.41. The van der Waals surface area contributed by atoms with Crippen molar-refractivity contribution >= 4 is 17.4 Å². The molecule has 1 aromatic heterocycles. The standard InChI is InChI=1S/C13H9ClFN3/c14-12-9(7-16)5-6-17-13(12)18-8-10-3-1-2-4-11(10)15/h1-6H,8H2,(H,17,18). The fourth-order valence-electron chi connectivity index (χ4n) is 1.47. The van der Waals surface area contributed by atoms with Gasteiger partial charge in [-0.25, -0.2) is 9.37 Å². The van der Waals surface area contributed by atoms with Gasteiger partial charge in [0.2, 0.25) is 0 Å². The second-order valence-corrected chi connectivity index (χ2v) is 3.96. The Morgan fingerprint density at radius 1 is 1.33 bits per heavy atom. The van der Waals surface area contributed by atoms with Crippen molar-refractivity contribution in [1.82, 2.24) is 4.98 Å². The van der Waals surface area contributed by atoms with Gasteiger partial charge in [0.15, 0.2) is 0 Å². The zero-order chi connectivity index (χ0) is 13.0. The highest BCUT2D eigenvalue weighted by atomic mass is 35.5. The van der Waals surface area contributed by atoms with E-state index in [1.54, 1.807) is 18.2 Å². The molecule has 1 N–H and O–H groups in total. The predicted molar refractivity (Wildman–Crippen MR) is 67.7 cm³/mol. The Morgan fingerprint density at radius 2 is 2.11 bits per heavy atom. The molecule has 18 heavy (non-hydrogen) atoms. The topological polar surface area (TPSA) is 48.7 Å². The normalized spacial score (nSPS) is 9.83. The third kappa shape index (κ3) is 2.58. The maximum atomic E-state index is 13.4. The van der Waals surface area contributed by atoms with Crippen LogP contribution in [0.15, 0.2) is 36.5 Å². The molecule has 5 heteroatoms. The lowest BCUT2D eigenvalue weighted by molar-refractivity contribution is 0.613. The number of benzene rings is 1. The molecule has 0 aliphatic heterocycles. The number of hydrogen-bond acceptors (Lipinski definition) is 3. The Kier molecular flexibility index (Phi) is 3.75. The van der Waals surface area contributed by atoms with Crippen molar-refractivity contribution in [1.29, 1.82) is 5.26 Å². The van der Waals surface area contributed by atoms with Gasteiger partial charge in [-0.05, 0) is 12.1 Å². The van der Waals surface area contributed by atoms with Crippen LogP contribution in [0.2, 0.25) is 5.02 Å². The number of anilines is 1. The molecule has 1 heterocycles. The van der Waals surface area contributed by atoms with E-state index in [-0.39, 0.29) is 17.4 Å². The molecule has 2 aromatic rings. The summed E-state index contributed by atoms with van der Waals surface area (Å²) in [6.07, 6.45) is 1.48. The van der Waals surface area contributed by atoms with Gasteiger partial charge < -0.3 is 5.32 Å². The van der Waals surface area contributed by atoms with Crippen LogP contribution in [0.25, 0.3) is 0 Å². The maximum Gasteiger partial charge on any atom is 0.146 e. The van der Waals surface area contributed by atoms with E-state index in [2.05, 4.69) is 10.3 Å². The number of halogens is 2. The molecule has 3 nitrogen and oxygen atoms in total. The van der Waals surface area contributed by atoms with E-state index in [4.69, 9.17) is 16.9 Å². The summed E-state index contributed by atoms with van der Waals surface area (Å²) >= 11 is 5.97. The summed E-state index contributed by atoms with van der Waals surface area (Å²) in [5, 5.41) is 12.0. The Morgan fingerprint density at radius 3 is 2.83 bits per heavy atom. The van der Waals surface area contributed by atoms with Gasteiger partial charge in [-0.3, -0.25) is 0 Å². The minimum Gasteiger partial charge on any atom is -0.365 e. The Hall–Kier alpha value is -2.12. The molecular formula is C13H9ClFN3. The molecule has 2 rings (SSSR count). The van der Waals surface area contributed by atoms with E-state index >= 15 is 0 Å². The minimum absolute atomic E-state index is 0.247. The van der Waals surface area contributed by atoms with Crippen molar-refractivity contribution in [3.8, 4) is 6.07 Å². The van der Waals surface area contributed by atoms with Crippen LogP contribution < -0.4 is 5.32 Å². The molecule has 0 saturated carbocycles. The molecule has 0 atom stereocenters. The van der Waals surface area contributed by atoms with Crippen molar-refractivity contribution < 1.29 is 4.39 Å². The van der Waals surface area contributed by atoms with Gasteiger partial charge in [-0.1, -0.05) is 29.8 Å². The molecule has 0 spiro atoms. The molecule has 0 fully saturated rings. The molecule has 1 aromatic carbocycles. The zero-order valence-electron chi connectivity index (χ0n) is 9.32. The van der Waals surface area contributed by atoms with Gasteiger partial charge in [0.25, 0.3) is 0 Å². The summed E-state index contributed by atoms with van der Waals surface area (Å²) < 4.78 is 13.4. The van der Waals surface area contributed by atoms with E-state index in [0.29, 0.717) is 16.9 Å². The van der Waals surface area contributed by atoms with Gasteiger partial charge in [0.1, 0.15) is 22.7 Å². The Bertz CT molecular complexity index is 607. The summed E-state index contributed by atoms with van der Waals surface area (Å²) in [7, 11) is 0. The van der Waals surface area contributed by atoms with Crippen molar-refractivity contribution in [2.45, 2.75) is 6.54 Å². The number of hydrogen-bond donors (Lipinski definition) is 1. The van der Waals surface area contributed by atoms with E-state index in [0.717, 1.165) is 0 Å². The van der Waals surface area contributed by atoms with Crippen molar-refractivity contribution in [2.24, 2.45) is 0 Å². The first kappa shape index (κ1) is 12.3. The second-order valence-electron chi connectivity index (χ2n) is 3.58. The smallest absolute Gasteiger partial charge is 0.146 e. The largest absolute Gasteiger partial charge is 0.365 e. The van der Waals surface area contributed by atoms with Crippen LogP contribution in [0.4, 0.5) is 10.2 Å². The number of nitriles is 1. The van der Waals surface area contributed by atoms with Crippen LogP contribution in [0, 0.1) is 17.1 Å². The highest BCUT2D eigenvalue weighted by Crippen LogP contribution is 2.23. The van der Waals surface area contributed by atoms with Crippen LogP contribution in [0.3, 0.4) is 0 Å². The molecule has 0 unspecified atom stereocenters. The number of pyridine rings is 1. The predicted octanol–water partition coefficient (Wildman–Crippen LogP) is 3.36. The fourth-order valence-corrected chi connectivity index (χ4v) is 1.69. The SMILES string of the molecule is N#Cc1ccnc(NCc2ccccc2F)c1Cl. The van der Waals surface area contributed by atoms with Crippen molar-refractivity contribution in [3.63, 3.8) is 0 Å². The average molecular weight is 262 g/mol. The lowest BCUT2D eigenvalue weighted by Gasteiger charge is -2.08. The minimum atomic E-state index is -0.294. The van der Waals surface area contributed by atoms with Gasteiger partial charge >= 0.3 is 0 Å². The van der Waals surface area contributed by atoms with E-state index in [1.165, 1.54) is 18.3 Å². The first-order valence-electron chi connectivity index (χ1n) is 5.24. The molecule has 90 valence electrons. The lowest BCUT2D eigenvalue weighted by atomic mass is 10.2. The second kappa shape index (κ2) is 5.48. The van der Waals surface area contributed by atoms with E-state index < -0.39 is 0 Å². The van der Waals surface area contributed by atoms with Crippen LogP contribution in [0.5, 0.6) is 0 Å². The van der Waals surface area contributed by atoms with Crippen LogP contribution in [-0.2, 0) is 6.54 Å². The van der Waals surface area contributed by atoms with Gasteiger partial charge in [0, 0.05) is 18.3 Å². The molecule has 0 aliphatic carbocycles. The number of nitrogens with zero attached hydrogens (tertiary/aromatic N) is 2. The number of aromatic nitrogens is 1. The quantitative estimate of drug-likeness (QED) is 0.922. The van der Waals surface area contributed by atoms with Crippen LogP contribution in [0.1, 0.15) is 11.1 Å². The summed E-state index contributed by atoms with van der Waals surface area (Å²) in [5.41, 5.74) is 0.848. The first-order chi connectivity index (χ1) is 8.72. The lowest BCUT2D eigenvalue weighted by Crippen LogP contribution is -2.04. The van der Waals surface area contributed by atoms with Crippen molar-refractivity contribution in [2.75, 3.05) is 5.32 Å². The van der Waals surface area contributed by atoms with Crippen LogP contribution in [-0.4, -0.2) is 4.98 Å². The molecule has 0 saturated heterocycles. The number of rotatable bonds is 3. The Balaban J connectivity index is 2.17. The highest BCUT2D eigenvalue weighted by Gasteiger charge is 2.07. The third-order valence-corrected chi connectivity index (χ3v) is 2.80. The summed E-state index contributed by atoms with van der Waals surface area (Å²) in [4.78, 5) is 4.02. The zero-order valence-corrected chi connectivity index (χ0v) is 10.1.